The van der Waals surface area contributed by atoms with Gasteiger partial charge in [0, 0.05) is 6.42 Å². The lowest BCUT2D eigenvalue weighted by molar-refractivity contribution is -0.118. The van der Waals surface area contributed by atoms with Crippen molar-refractivity contribution in [1.82, 2.24) is 5.32 Å². The van der Waals surface area contributed by atoms with Crippen molar-refractivity contribution in [3.05, 3.63) is 0 Å². The molecule has 0 radical (unpaired) electrons. The Morgan fingerprint density at radius 2 is 2.50 bits per heavy atom. The second-order valence-corrected chi connectivity index (χ2v) is 3.12. The fourth-order valence-corrected chi connectivity index (χ4v) is 1.50. The molecule has 0 aromatic rings. The zero-order valence-corrected chi connectivity index (χ0v) is 6.52. The van der Waals surface area contributed by atoms with Crippen LogP contribution in [0.3, 0.4) is 0 Å². The summed E-state index contributed by atoms with van der Waals surface area (Å²) in [6, 6.07) is 0. The third-order valence-electron chi connectivity index (χ3n) is 1.98. The predicted molar refractivity (Wildman–Crippen MR) is 40.9 cm³/mol. The van der Waals surface area contributed by atoms with E-state index in [1.165, 1.54) is 12.8 Å². The minimum atomic E-state index is 0.328. The van der Waals surface area contributed by atoms with E-state index in [0.717, 1.165) is 19.5 Å². The van der Waals surface area contributed by atoms with Gasteiger partial charge >= 0.3 is 0 Å². The van der Waals surface area contributed by atoms with Crippen LogP contribution in [-0.2, 0) is 4.79 Å². The maximum atomic E-state index is 10.7. The van der Waals surface area contributed by atoms with Crippen LogP contribution in [0.15, 0.2) is 0 Å². The lowest BCUT2D eigenvalue weighted by atomic mass is 9.95. The number of carbonyl (C=O) groups excluding carboxylic acids is 1. The molecule has 1 atom stereocenters. The van der Waals surface area contributed by atoms with Crippen molar-refractivity contribution in [1.29, 1.82) is 0 Å². The number of hydrogen-bond donors (Lipinski definition) is 1. The van der Waals surface area contributed by atoms with Crippen molar-refractivity contribution in [3.63, 3.8) is 0 Å². The smallest absolute Gasteiger partial charge is 0.130 e. The summed E-state index contributed by atoms with van der Waals surface area (Å²) in [5.74, 6) is 0.944. The number of ketones is 1. The average Bonchev–Trinajstić information content (AvgIpc) is 1.88. The molecule has 1 aliphatic rings. The summed E-state index contributed by atoms with van der Waals surface area (Å²) < 4.78 is 0. The van der Waals surface area contributed by atoms with Gasteiger partial charge in [0.2, 0.25) is 0 Å². The van der Waals surface area contributed by atoms with Gasteiger partial charge in [0.25, 0.3) is 0 Å². The van der Waals surface area contributed by atoms with Crippen LogP contribution >= 0.6 is 0 Å². The highest BCUT2D eigenvalue weighted by atomic mass is 16.1. The molecule has 0 saturated carbocycles. The highest BCUT2D eigenvalue weighted by Crippen LogP contribution is 2.13. The number of Topliss-reactive ketones (excluding diaryl/α,β-unsaturated/α-hetero) is 1. The topological polar surface area (TPSA) is 29.1 Å². The highest BCUT2D eigenvalue weighted by molar-refractivity contribution is 5.75. The molecule has 10 heavy (non-hydrogen) atoms. The van der Waals surface area contributed by atoms with Crippen molar-refractivity contribution in [2.45, 2.75) is 26.2 Å². The molecule has 1 fully saturated rings. The first-order valence-electron chi connectivity index (χ1n) is 3.99. The predicted octanol–water partition coefficient (Wildman–Crippen LogP) is 0.965. The third-order valence-corrected chi connectivity index (χ3v) is 1.98. The van der Waals surface area contributed by atoms with Crippen LogP contribution in [0, 0.1) is 5.92 Å². The van der Waals surface area contributed by atoms with E-state index in [9.17, 15) is 4.79 Å². The van der Waals surface area contributed by atoms with Crippen molar-refractivity contribution < 1.29 is 4.79 Å². The Bertz CT molecular complexity index is 116. The summed E-state index contributed by atoms with van der Waals surface area (Å²) in [5, 5.41) is 3.29. The van der Waals surface area contributed by atoms with Crippen LogP contribution in [0.25, 0.3) is 0 Å². The van der Waals surface area contributed by atoms with Gasteiger partial charge in [0.15, 0.2) is 0 Å². The van der Waals surface area contributed by atoms with Crippen LogP contribution in [0.1, 0.15) is 26.2 Å². The standard InChI is InChI=1S/C8H15NO/c1-7(10)5-8-3-2-4-9-6-8/h8-9H,2-6H2,1H3. The molecule has 1 rings (SSSR count). The van der Waals surface area contributed by atoms with Gasteiger partial charge in [-0.15, -0.1) is 0 Å². The molecule has 1 saturated heterocycles. The Hall–Kier alpha value is -0.370. The largest absolute Gasteiger partial charge is 0.316 e. The van der Waals surface area contributed by atoms with Crippen LogP contribution in [0.4, 0.5) is 0 Å². The van der Waals surface area contributed by atoms with E-state index in [2.05, 4.69) is 5.32 Å². The third kappa shape index (κ3) is 2.48. The molecule has 0 aromatic heterocycles. The molecule has 0 bridgehead atoms. The van der Waals surface area contributed by atoms with Gasteiger partial charge < -0.3 is 10.1 Å². The minimum absolute atomic E-state index is 0.328. The van der Waals surface area contributed by atoms with E-state index in [-0.39, 0.29) is 0 Å². The molecule has 58 valence electrons. The summed E-state index contributed by atoms with van der Waals surface area (Å²) in [5.41, 5.74) is 0. The molecule has 1 N–H and O–H groups in total. The van der Waals surface area contributed by atoms with E-state index in [1.807, 2.05) is 0 Å². The fourth-order valence-electron chi connectivity index (χ4n) is 1.50. The van der Waals surface area contributed by atoms with Gasteiger partial charge in [-0.3, -0.25) is 0 Å². The molecule has 0 aromatic carbocycles. The monoisotopic (exact) mass is 141 g/mol. The molecule has 1 aliphatic heterocycles. The van der Waals surface area contributed by atoms with Crippen LogP contribution < -0.4 is 5.32 Å². The zero-order chi connectivity index (χ0) is 7.40. The van der Waals surface area contributed by atoms with E-state index < -0.39 is 0 Å². The first-order chi connectivity index (χ1) is 4.79. The lowest BCUT2D eigenvalue weighted by Crippen LogP contribution is -2.30. The zero-order valence-electron chi connectivity index (χ0n) is 6.52. The molecule has 1 heterocycles. The van der Waals surface area contributed by atoms with E-state index >= 15 is 0 Å². The molecule has 1 unspecified atom stereocenters. The SMILES string of the molecule is CC(=O)CC1CCCNC1. The molecule has 2 nitrogen and oxygen atoms in total. The summed E-state index contributed by atoms with van der Waals surface area (Å²) in [4.78, 5) is 10.7. The molecule has 0 spiro atoms. The maximum Gasteiger partial charge on any atom is 0.130 e. The van der Waals surface area contributed by atoms with Crippen molar-refractivity contribution in [3.8, 4) is 0 Å². The van der Waals surface area contributed by atoms with Gasteiger partial charge in [-0.05, 0) is 38.8 Å². The van der Waals surface area contributed by atoms with Crippen LogP contribution in [0.2, 0.25) is 0 Å². The van der Waals surface area contributed by atoms with Gasteiger partial charge in [-0.25, -0.2) is 0 Å². The second kappa shape index (κ2) is 3.71. The summed E-state index contributed by atoms with van der Waals surface area (Å²) in [6.07, 6.45) is 3.23. The Kier molecular flexibility index (Phi) is 2.87. The number of nitrogens with one attached hydrogen (secondary N) is 1. The number of piperidine rings is 1. The van der Waals surface area contributed by atoms with Crippen molar-refractivity contribution in [2.24, 2.45) is 5.92 Å². The molecular formula is C8H15NO. The Morgan fingerprint density at radius 3 is 3.00 bits per heavy atom. The normalized spacial score (nSPS) is 26.3. The number of hydrogen-bond acceptors (Lipinski definition) is 2. The minimum Gasteiger partial charge on any atom is -0.316 e. The van der Waals surface area contributed by atoms with Gasteiger partial charge in [-0.2, -0.15) is 0 Å². The Morgan fingerprint density at radius 1 is 1.70 bits per heavy atom. The molecule has 0 aliphatic carbocycles. The first-order valence-corrected chi connectivity index (χ1v) is 3.99. The summed E-state index contributed by atoms with van der Waals surface area (Å²) >= 11 is 0. The van der Waals surface area contributed by atoms with Crippen LogP contribution in [-0.4, -0.2) is 18.9 Å². The second-order valence-electron chi connectivity index (χ2n) is 3.12. The van der Waals surface area contributed by atoms with E-state index in [4.69, 9.17) is 0 Å². The Labute approximate surface area is 62.0 Å². The van der Waals surface area contributed by atoms with Crippen LogP contribution in [0.5, 0.6) is 0 Å². The summed E-state index contributed by atoms with van der Waals surface area (Å²) in [6.45, 7) is 3.85. The maximum absolute atomic E-state index is 10.7. The van der Waals surface area contributed by atoms with Gasteiger partial charge in [0.1, 0.15) is 5.78 Å². The van der Waals surface area contributed by atoms with E-state index in [0.29, 0.717) is 11.7 Å². The van der Waals surface area contributed by atoms with Crippen molar-refractivity contribution >= 4 is 5.78 Å². The lowest BCUT2D eigenvalue weighted by Gasteiger charge is -2.21. The van der Waals surface area contributed by atoms with Gasteiger partial charge in [-0.1, -0.05) is 0 Å². The van der Waals surface area contributed by atoms with Crippen molar-refractivity contribution in [2.75, 3.05) is 13.1 Å². The average molecular weight is 141 g/mol. The van der Waals surface area contributed by atoms with E-state index in [1.54, 1.807) is 6.92 Å². The molecular weight excluding hydrogens is 126 g/mol. The highest BCUT2D eigenvalue weighted by Gasteiger charge is 2.13. The molecule has 2 heteroatoms. The fraction of sp³-hybridized carbons (Fsp3) is 0.875. The Balaban J connectivity index is 2.19. The first kappa shape index (κ1) is 7.73. The quantitative estimate of drug-likeness (QED) is 0.620. The molecule has 0 amide bonds. The number of carbonyl (C=O) groups is 1. The van der Waals surface area contributed by atoms with Gasteiger partial charge in [0.05, 0.1) is 0 Å². The number of rotatable bonds is 2. The summed E-state index contributed by atoms with van der Waals surface area (Å²) in [7, 11) is 0.